The van der Waals surface area contributed by atoms with Gasteiger partial charge in [-0.1, -0.05) is 0 Å². The molecule has 1 aromatic heterocycles. The second-order valence-corrected chi connectivity index (χ2v) is 7.77. The Balaban J connectivity index is 2.24. The van der Waals surface area contributed by atoms with Gasteiger partial charge in [0.15, 0.2) is 9.84 Å². The quantitative estimate of drug-likeness (QED) is 0.830. The lowest BCUT2D eigenvalue weighted by molar-refractivity contribution is 0.141. The van der Waals surface area contributed by atoms with Crippen LogP contribution in [0.1, 0.15) is 38.3 Å². The van der Waals surface area contributed by atoms with Gasteiger partial charge >= 0.3 is 6.03 Å². The van der Waals surface area contributed by atoms with E-state index in [1.54, 1.807) is 9.80 Å². The van der Waals surface area contributed by atoms with E-state index >= 15 is 0 Å². The maximum Gasteiger partial charge on any atom is 0.319 e. The Morgan fingerprint density at radius 3 is 2.70 bits per heavy atom. The largest absolute Gasteiger partial charge is 0.325 e. The number of amides is 2. The van der Waals surface area contributed by atoms with Crippen LogP contribution in [0.15, 0.2) is 17.4 Å². The van der Waals surface area contributed by atoms with Gasteiger partial charge in [-0.05, 0) is 26.7 Å². The summed E-state index contributed by atoms with van der Waals surface area (Å²) in [5.41, 5.74) is 0.527. The summed E-state index contributed by atoms with van der Waals surface area (Å²) in [6, 6.07) is 0.00895. The Kier molecular flexibility index (Phi) is 5.56. The van der Waals surface area contributed by atoms with Gasteiger partial charge in [0.05, 0.1) is 5.69 Å². The second-order valence-electron chi connectivity index (χ2n) is 5.78. The Morgan fingerprint density at radius 2 is 2.09 bits per heavy atom. The molecule has 1 aliphatic heterocycles. The number of sulfone groups is 1. The fourth-order valence-corrected chi connectivity index (χ4v) is 3.84. The van der Waals surface area contributed by atoms with Crippen molar-refractivity contribution in [1.29, 1.82) is 0 Å². The molecule has 1 fully saturated rings. The predicted molar refractivity (Wildman–Crippen MR) is 87.0 cm³/mol. The number of nitrogens with zero attached hydrogens (tertiary/aromatic N) is 4. The first-order valence-corrected chi connectivity index (χ1v) is 9.81. The zero-order valence-corrected chi connectivity index (χ0v) is 14.7. The van der Waals surface area contributed by atoms with Crippen molar-refractivity contribution < 1.29 is 13.2 Å². The summed E-state index contributed by atoms with van der Waals surface area (Å²) < 4.78 is 23.9. The molecule has 1 aliphatic rings. The Bertz CT molecular complexity index is 658. The molecule has 0 aliphatic carbocycles. The minimum Gasteiger partial charge on any atom is -0.325 e. The molecule has 0 aromatic carbocycles. The Hall–Kier alpha value is -1.70. The van der Waals surface area contributed by atoms with E-state index in [0.717, 1.165) is 19.1 Å². The minimum absolute atomic E-state index is 0.00895. The lowest BCUT2D eigenvalue weighted by atomic mass is 9.94. The topological polar surface area (TPSA) is 83.5 Å². The first-order chi connectivity index (χ1) is 10.9. The van der Waals surface area contributed by atoms with Crippen molar-refractivity contribution in [1.82, 2.24) is 19.8 Å². The number of likely N-dealkylation sites (tertiary alicyclic amines) is 1. The van der Waals surface area contributed by atoms with E-state index in [0.29, 0.717) is 31.9 Å². The van der Waals surface area contributed by atoms with E-state index in [1.165, 1.54) is 12.5 Å². The molecule has 1 saturated heterocycles. The molecule has 0 bridgehead atoms. The molecule has 2 heterocycles. The average molecular weight is 340 g/mol. The van der Waals surface area contributed by atoms with Crippen molar-refractivity contribution in [2.24, 2.45) is 0 Å². The summed E-state index contributed by atoms with van der Waals surface area (Å²) in [5.74, 6) is -0.0732. The number of hydrogen-bond acceptors (Lipinski definition) is 5. The maximum atomic E-state index is 12.5. The molecular formula is C15H24N4O3S. The summed E-state index contributed by atoms with van der Waals surface area (Å²) in [6.07, 6.45) is 5.54. The second kappa shape index (κ2) is 7.25. The monoisotopic (exact) mass is 340 g/mol. The van der Waals surface area contributed by atoms with Gasteiger partial charge in [0.1, 0.15) is 11.2 Å². The molecule has 128 valence electrons. The van der Waals surface area contributed by atoms with Crippen LogP contribution >= 0.6 is 0 Å². The van der Waals surface area contributed by atoms with Gasteiger partial charge in [0, 0.05) is 44.5 Å². The number of urea groups is 1. The minimum atomic E-state index is -3.39. The van der Waals surface area contributed by atoms with Crippen LogP contribution in [0.2, 0.25) is 0 Å². The first kappa shape index (κ1) is 17.7. The zero-order valence-electron chi connectivity index (χ0n) is 13.9. The van der Waals surface area contributed by atoms with E-state index in [4.69, 9.17) is 0 Å². The highest BCUT2D eigenvalue weighted by molar-refractivity contribution is 7.90. The van der Waals surface area contributed by atoms with Crippen molar-refractivity contribution in [3.63, 3.8) is 0 Å². The highest BCUT2D eigenvalue weighted by atomic mass is 32.2. The van der Waals surface area contributed by atoms with Crippen LogP contribution in [0.3, 0.4) is 0 Å². The van der Waals surface area contributed by atoms with Gasteiger partial charge in [0.25, 0.3) is 0 Å². The van der Waals surface area contributed by atoms with Crippen molar-refractivity contribution in [3.05, 3.63) is 18.2 Å². The van der Waals surface area contributed by atoms with E-state index in [-0.39, 0.29) is 16.8 Å². The number of aromatic nitrogens is 2. The molecular weight excluding hydrogens is 316 g/mol. The van der Waals surface area contributed by atoms with Gasteiger partial charge < -0.3 is 9.80 Å². The van der Waals surface area contributed by atoms with Crippen LogP contribution in [-0.4, -0.2) is 66.7 Å². The molecule has 0 saturated carbocycles. The van der Waals surface area contributed by atoms with Gasteiger partial charge in [-0.2, -0.15) is 0 Å². The van der Waals surface area contributed by atoms with Crippen LogP contribution in [0.25, 0.3) is 0 Å². The maximum absolute atomic E-state index is 12.5. The molecule has 2 amide bonds. The standard InChI is InChI=1S/C15H24N4O3S/c1-4-18(5-2)15(20)19-8-6-7-12(10-19)14-13(23(3,21)22)9-16-11-17-14/h9,11-12H,4-8,10H2,1-3H3. The average Bonchev–Trinajstić information content (AvgIpc) is 2.55. The van der Waals surface area contributed by atoms with Gasteiger partial charge in [0.2, 0.25) is 0 Å². The number of carbonyl (C=O) groups excluding carboxylic acids is 1. The van der Waals surface area contributed by atoms with E-state index in [9.17, 15) is 13.2 Å². The molecule has 2 rings (SSSR count). The third-order valence-corrected chi connectivity index (χ3v) is 5.33. The van der Waals surface area contributed by atoms with Crippen LogP contribution in [0.5, 0.6) is 0 Å². The summed E-state index contributed by atoms with van der Waals surface area (Å²) in [7, 11) is -3.39. The molecule has 0 N–H and O–H groups in total. The number of hydrogen-bond donors (Lipinski definition) is 0. The van der Waals surface area contributed by atoms with E-state index < -0.39 is 9.84 Å². The van der Waals surface area contributed by atoms with Gasteiger partial charge in [-0.15, -0.1) is 0 Å². The predicted octanol–water partition coefficient (Wildman–Crippen LogP) is 1.52. The Morgan fingerprint density at radius 1 is 1.39 bits per heavy atom. The van der Waals surface area contributed by atoms with Crippen molar-refractivity contribution >= 4 is 15.9 Å². The van der Waals surface area contributed by atoms with Crippen LogP contribution in [-0.2, 0) is 9.84 Å². The lowest BCUT2D eigenvalue weighted by Crippen LogP contribution is -2.47. The Labute approximate surface area is 137 Å². The fourth-order valence-electron chi connectivity index (χ4n) is 2.99. The summed E-state index contributed by atoms with van der Waals surface area (Å²) in [4.78, 5) is 24.3. The molecule has 8 heteroatoms. The highest BCUT2D eigenvalue weighted by Crippen LogP contribution is 2.29. The third kappa shape index (κ3) is 3.99. The summed E-state index contributed by atoms with van der Waals surface area (Å²) in [5, 5.41) is 0. The van der Waals surface area contributed by atoms with Crippen molar-refractivity contribution in [2.75, 3.05) is 32.4 Å². The highest BCUT2D eigenvalue weighted by Gasteiger charge is 2.30. The summed E-state index contributed by atoms with van der Waals surface area (Å²) >= 11 is 0. The van der Waals surface area contributed by atoms with Crippen molar-refractivity contribution in [2.45, 2.75) is 37.5 Å². The number of rotatable bonds is 4. The summed E-state index contributed by atoms with van der Waals surface area (Å²) in [6.45, 7) is 6.43. The normalized spacial score (nSPS) is 18.7. The van der Waals surface area contributed by atoms with Gasteiger partial charge in [-0.3, -0.25) is 0 Å². The van der Waals surface area contributed by atoms with Crippen LogP contribution in [0, 0.1) is 0 Å². The third-order valence-electron chi connectivity index (χ3n) is 4.22. The van der Waals surface area contributed by atoms with E-state index in [2.05, 4.69) is 9.97 Å². The molecule has 0 spiro atoms. The fraction of sp³-hybridized carbons (Fsp3) is 0.667. The van der Waals surface area contributed by atoms with Crippen molar-refractivity contribution in [3.8, 4) is 0 Å². The van der Waals surface area contributed by atoms with E-state index in [1.807, 2.05) is 13.8 Å². The zero-order chi connectivity index (χ0) is 17.0. The number of piperidine rings is 1. The lowest BCUT2D eigenvalue weighted by Gasteiger charge is -2.36. The van der Waals surface area contributed by atoms with Crippen LogP contribution in [0.4, 0.5) is 4.79 Å². The molecule has 1 unspecified atom stereocenters. The SMILES string of the molecule is CCN(CC)C(=O)N1CCCC(c2ncncc2S(C)(=O)=O)C1. The van der Waals surface area contributed by atoms with Gasteiger partial charge in [-0.25, -0.2) is 23.2 Å². The van der Waals surface area contributed by atoms with Crippen LogP contribution < -0.4 is 0 Å². The molecule has 0 radical (unpaired) electrons. The smallest absolute Gasteiger partial charge is 0.319 e. The molecule has 1 aromatic rings. The first-order valence-electron chi connectivity index (χ1n) is 7.92. The molecule has 7 nitrogen and oxygen atoms in total. The molecule has 23 heavy (non-hydrogen) atoms. The number of carbonyl (C=O) groups is 1. The molecule has 1 atom stereocenters.